The summed E-state index contributed by atoms with van der Waals surface area (Å²) in [6.07, 6.45) is 8.80. The summed E-state index contributed by atoms with van der Waals surface area (Å²) < 4.78 is 5.90. The molecule has 2 aromatic rings. The third-order valence-corrected chi connectivity index (χ3v) is 5.50. The minimum Gasteiger partial charge on any atom is -0.493 e. The molecule has 2 atom stereocenters. The third-order valence-electron chi connectivity index (χ3n) is 5.50. The van der Waals surface area contributed by atoms with Crippen molar-refractivity contribution in [1.29, 1.82) is 0 Å². The van der Waals surface area contributed by atoms with Crippen LogP contribution < -0.4 is 4.74 Å². The molecule has 2 nitrogen and oxygen atoms in total. The first-order chi connectivity index (χ1) is 12.4. The molecule has 25 heavy (non-hydrogen) atoms. The molecule has 1 saturated heterocycles. The molecule has 0 aromatic heterocycles. The van der Waals surface area contributed by atoms with Crippen LogP contribution in [-0.4, -0.2) is 23.6 Å². The number of para-hydroxylation sites is 1. The van der Waals surface area contributed by atoms with E-state index >= 15 is 0 Å². The zero-order chi connectivity index (χ0) is 16.9. The molecule has 0 spiro atoms. The minimum absolute atomic E-state index is 0.611. The number of rotatable bonds is 6. The number of hydrogen-bond donors (Lipinski definition) is 0. The van der Waals surface area contributed by atoms with Gasteiger partial charge in [0.1, 0.15) is 5.75 Å². The molecule has 0 saturated carbocycles. The zero-order valence-corrected chi connectivity index (χ0v) is 14.8. The van der Waals surface area contributed by atoms with Gasteiger partial charge in [-0.2, -0.15) is 0 Å². The Morgan fingerprint density at radius 1 is 0.920 bits per heavy atom. The van der Waals surface area contributed by atoms with Crippen molar-refractivity contribution in [3.63, 3.8) is 0 Å². The highest BCUT2D eigenvalue weighted by molar-refractivity contribution is 5.22. The van der Waals surface area contributed by atoms with Gasteiger partial charge in [0, 0.05) is 25.0 Å². The standard InChI is InChI=1S/C23H27NO/c1-3-8-19(9-4-1)18-24-21-10-7-11-22(24)17-20(16-21)14-15-25-23-12-5-2-6-13-23/h1-6,8-9,12-13,16,21-22H,7,10-11,14-15,17-18H2. The van der Waals surface area contributed by atoms with Crippen LogP contribution in [0.2, 0.25) is 0 Å². The molecule has 1 fully saturated rings. The Bertz CT molecular complexity index is 695. The second kappa shape index (κ2) is 7.88. The lowest BCUT2D eigenvalue weighted by atomic mass is 9.84. The van der Waals surface area contributed by atoms with Gasteiger partial charge in [0.2, 0.25) is 0 Å². The Morgan fingerprint density at radius 3 is 2.44 bits per heavy atom. The van der Waals surface area contributed by atoms with E-state index in [-0.39, 0.29) is 0 Å². The van der Waals surface area contributed by atoms with Gasteiger partial charge >= 0.3 is 0 Å². The van der Waals surface area contributed by atoms with Crippen molar-refractivity contribution >= 4 is 0 Å². The first-order valence-electron chi connectivity index (χ1n) is 9.55. The third kappa shape index (κ3) is 4.13. The van der Waals surface area contributed by atoms with Crippen molar-refractivity contribution in [1.82, 2.24) is 4.90 Å². The average Bonchev–Trinajstić information content (AvgIpc) is 2.64. The van der Waals surface area contributed by atoms with Crippen molar-refractivity contribution in [2.24, 2.45) is 0 Å². The predicted octanol–water partition coefficient (Wildman–Crippen LogP) is 5.21. The number of nitrogens with zero attached hydrogens (tertiary/aromatic N) is 1. The van der Waals surface area contributed by atoms with Gasteiger partial charge < -0.3 is 4.74 Å². The maximum absolute atomic E-state index is 5.90. The molecule has 2 aliphatic rings. The molecule has 0 amide bonds. The summed E-state index contributed by atoms with van der Waals surface area (Å²) in [6, 6.07) is 22.4. The van der Waals surface area contributed by atoms with Crippen LogP contribution in [-0.2, 0) is 6.54 Å². The van der Waals surface area contributed by atoms with Crippen molar-refractivity contribution in [2.75, 3.05) is 6.61 Å². The van der Waals surface area contributed by atoms with Gasteiger partial charge in [0.15, 0.2) is 0 Å². The summed E-state index contributed by atoms with van der Waals surface area (Å²) in [5.74, 6) is 0.977. The van der Waals surface area contributed by atoms with Crippen LogP contribution in [0.15, 0.2) is 72.3 Å². The topological polar surface area (TPSA) is 12.5 Å². The largest absolute Gasteiger partial charge is 0.493 e. The van der Waals surface area contributed by atoms with Crippen LogP contribution in [0.25, 0.3) is 0 Å². The molecule has 0 aliphatic carbocycles. The van der Waals surface area contributed by atoms with Gasteiger partial charge in [-0.15, -0.1) is 0 Å². The van der Waals surface area contributed by atoms with Crippen molar-refractivity contribution in [3.8, 4) is 5.75 Å². The van der Waals surface area contributed by atoms with E-state index in [9.17, 15) is 0 Å². The van der Waals surface area contributed by atoms with E-state index in [1.54, 1.807) is 5.57 Å². The van der Waals surface area contributed by atoms with Crippen LogP contribution in [0.1, 0.15) is 37.7 Å². The van der Waals surface area contributed by atoms with Crippen LogP contribution >= 0.6 is 0 Å². The Kier molecular flexibility index (Phi) is 5.17. The molecule has 2 heteroatoms. The summed E-state index contributed by atoms with van der Waals surface area (Å²) in [7, 11) is 0. The van der Waals surface area contributed by atoms with E-state index in [1.807, 2.05) is 30.3 Å². The van der Waals surface area contributed by atoms with E-state index < -0.39 is 0 Å². The SMILES string of the molecule is C1=C(CCOc2ccccc2)CC2CCCC1N2Cc1ccccc1. The quantitative estimate of drug-likeness (QED) is 0.673. The summed E-state index contributed by atoms with van der Waals surface area (Å²) in [6.45, 7) is 1.87. The van der Waals surface area contributed by atoms with Gasteiger partial charge in [0.25, 0.3) is 0 Å². The maximum atomic E-state index is 5.90. The zero-order valence-electron chi connectivity index (χ0n) is 14.8. The Labute approximate surface area is 151 Å². The number of fused-ring (bicyclic) bond motifs is 2. The van der Waals surface area contributed by atoms with Gasteiger partial charge in [-0.3, -0.25) is 4.90 Å². The number of benzene rings is 2. The lowest BCUT2D eigenvalue weighted by Gasteiger charge is -2.45. The second-order valence-electron chi connectivity index (χ2n) is 7.25. The number of ether oxygens (including phenoxy) is 1. The molecule has 2 aromatic carbocycles. The summed E-state index contributed by atoms with van der Waals surface area (Å²) >= 11 is 0. The molecule has 2 heterocycles. The normalized spacial score (nSPS) is 23.1. The molecule has 4 rings (SSSR count). The highest BCUT2D eigenvalue weighted by atomic mass is 16.5. The van der Waals surface area contributed by atoms with E-state index in [0.717, 1.165) is 25.3 Å². The minimum atomic E-state index is 0.611. The fourth-order valence-electron chi connectivity index (χ4n) is 4.25. The highest BCUT2D eigenvalue weighted by Crippen LogP contribution is 2.35. The lowest BCUT2D eigenvalue weighted by molar-refractivity contribution is 0.0870. The van der Waals surface area contributed by atoms with Crippen LogP contribution in [0, 0.1) is 0 Å². The second-order valence-corrected chi connectivity index (χ2v) is 7.25. The number of hydrogen-bond acceptors (Lipinski definition) is 2. The summed E-state index contributed by atoms with van der Waals surface area (Å²) in [4.78, 5) is 2.72. The smallest absolute Gasteiger partial charge is 0.119 e. The van der Waals surface area contributed by atoms with Gasteiger partial charge in [-0.1, -0.05) is 66.6 Å². The summed E-state index contributed by atoms with van der Waals surface area (Å²) in [5, 5.41) is 0. The Morgan fingerprint density at radius 2 is 1.68 bits per heavy atom. The summed E-state index contributed by atoms with van der Waals surface area (Å²) in [5.41, 5.74) is 3.03. The average molecular weight is 333 g/mol. The van der Waals surface area contributed by atoms with Gasteiger partial charge in [0.05, 0.1) is 6.61 Å². The molecular weight excluding hydrogens is 306 g/mol. The van der Waals surface area contributed by atoms with E-state index in [4.69, 9.17) is 4.74 Å². The Balaban J connectivity index is 1.37. The van der Waals surface area contributed by atoms with Crippen LogP contribution in [0.4, 0.5) is 0 Å². The van der Waals surface area contributed by atoms with Crippen molar-refractivity contribution in [2.45, 2.75) is 50.7 Å². The molecule has 2 bridgehead atoms. The predicted molar refractivity (Wildman–Crippen MR) is 103 cm³/mol. The maximum Gasteiger partial charge on any atom is 0.119 e. The highest BCUT2D eigenvalue weighted by Gasteiger charge is 2.33. The van der Waals surface area contributed by atoms with Crippen LogP contribution in [0.5, 0.6) is 5.75 Å². The number of piperidine rings is 1. The van der Waals surface area contributed by atoms with Gasteiger partial charge in [-0.05, 0) is 37.0 Å². The molecule has 0 radical (unpaired) electrons. The fourth-order valence-corrected chi connectivity index (χ4v) is 4.25. The van der Waals surface area contributed by atoms with Crippen molar-refractivity contribution in [3.05, 3.63) is 77.9 Å². The Hall–Kier alpha value is -2.06. The first kappa shape index (κ1) is 16.4. The molecule has 2 unspecified atom stereocenters. The molecular formula is C23H27NO. The molecule has 2 aliphatic heterocycles. The fraction of sp³-hybridized carbons (Fsp3) is 0.391. The molecule has 0 N–H and O–H groups in total. The van der Waals surface area contributed by atoms with E-state index in [1.165, 1.54) is 31.2 Å². The molecule has 130 valence electrons. The van der Waals surface area contributed by atoms with Crippen LogP contribution in [0.3, 0.4) is 0 Å². The lowest BCUT2D eigenvalue weighted by Crippen LogP contribution is -2.48. The van der Waals surface area contributed by atoms with E-state index in [0.29, 0.717) is 12.1 Å². The monoisotopic (exact) mass is 333 g/mol. The van der Waals surface area contributed by atoms with E-state index in [2.05, 4.69) is 41.3 Å². The van der Waals surface area contributed by atoms with Gasteiger partial charge in [-0.25, -0.2) is 0 Å². The first-order valence-corrected chi connectivity index (χ1v) is 9.55. The van der Waals surface area contributed by atoms with Crippen molar-refractivity contribution < 1.29 is 4.74 Å².